The highest BCUT2D eigenvalue weighted by Crippen LogP contribution is 2.17. The fourth-order valence-electron chi connectivity index (χ4n) is 2.50. The highest BCUT2D eigenvalue weighted by atomic mass is 35.5. The number of hydrogen-bond donors (Lipinski definition) is 1. The molecule has 0 unspecified atom stereocenters. The average Bonchev–Trinajstić information content (AvgIpc) is 3.16. The van der Waals surface area contributed by atoms with Crippen molar-refractivity contribution < 1.29 is 23.1 Å². The average molecular weight is 417 g/mol. The van der Waals surface area contributed by atoms with E-state index in [1.807, 2.05) is 0 Å². The molecule has 2 amide bonds. The molecule has 0 saturated carbocycles. The lowest BCUT2D eigenvalue weighted by Gasteiger charge is -2.15. The zero-order valence-electron chi connectivity index (χ0n) is 15.5. The van der Waals surface area contributed by atoms with E-state index in [1.54, 1.807) is 30.3 Å². The van der Waals surface area contributed by atoms with Crippen molar-refractivity contribution in [3.8, 4) is 5.75 Å². The number of carbonyl (C=O) groups is 2. The minimum Gasteiger partial charge on any atom is -0.486 e. The van der Waals surface area contributed by atoms with Crippen molar-refractivity contribution in [1.29, 1.82) is 0 Å². The molecule has 1 aromatic heterocycles. The van der Waals surface area contributed by atoms with Gasteiger partial charge in [0.25, 0.3) is 5.91 Å². The molecule has 1 N–H and O–H groups in total. The number of nitrogens with zero attached hydrogens (tertiary/aromatic N) is 1. The molecule has 3 rings (SSSR count). The van der Waals surface area contributed by atoms with Crippen LogP contribution >= 0.6 is 11.6 Å². The van der Waals surface area contributed by atoms with E-state index in [1.165, 1.54) is 42.3 Å². The quantitative estimate of drug-likeness (QED) is 0.621. The van der Waals surface area contributed by atoms with Crippen LogP contribution in [0, 0.1) is 5.82 Å². The number of halogens is 2. The molecule has 0 atom stereocenters. The van der Waals surface area contributed by atoms with Gasteiger partial charge in [0.1, 0.15) is 23.9 Å². The predicted octanol–water partition coefficient (Wildman–Crippen LogP) is 4.36. The van der Waals surface area contributed by atoms with Gasteiger partial charge in [0.05, 0.1) is 6.54 Å². The molecule has 29 heavy (non-hydrogen) atoms. The van der Waals surface area contributed by atoms with E-state index in [-0.39, 0.29) is 30.6 Å². The molecular formula is C21H18ClFN2O4. The predicted molar refractivity (Wildman–Crippen MR) is 106 cm³/mol. The van der Waals surface area contributed by atoms with E-state index in [2.05, 4.69) is 5.32 Å². The lowest BCUT2D eigenvalue weighted by atomic mass is 10.3. The topological polar surface area (TPSA) is 71.8 Å². The fraction of sp³-hybridized carbons (Fsp3) is 0.143. The molecule has 150 valence electrons. The molecule has 2 aromatic carbocycles. The number of amides is 2. The van der Waals surface area contributed by atoms with E-state index in [0.717, 1.165) is 0 Å². The Bertz CT molecular complexity index is 1000. The Labute approximate surface area is 171 Å². The van der Waals surface area contributed by atoms with Gasteiger partial charge in [0, 0.05) is 17.8 Å². The first-order chi connectivity index (χ1) is 13.9. The second kappa shape index (κ2) is 9.25. The van der Waals surface area contributed by atoms with Crippen LogP contribution in [0.1, 0.15) is 16.3 Å². The Kier molecular flexibility index (Phi) is 6.51. The second-order valence-corrected chi connectivity index (χ2v) is 6.66. The third kappa shape index (κ3) is 5.83. The van der Waals surface area contributed by atoms with Gasteiger partial charge in [0.15, 0.2) is 5.76 Å². The van der Waals surface area contributed by atoms with E-state index in [0.29, 0.717) is 22.2 Å². The van der Waals surface area contributed by atoms with Crippen LogP contribution in [0.5, 0.6) is 5.75 Å². The molecule has 0 aliphatic heterocycles. The zero-order valence-corrected chi connectivity index (χ0v) is 16.3. The summed E-state index contributed by atoms with van der Waals surface area (Å²) in [5, 5.41) is 3.17. The summed E-state index contributed by atoms with van der Waals surface area (Å²) in [6, 6.07) is 15.4. The maximum atomic E-state index is 12.9. The smallest absolute Gasteiger partial charge is 0.289 e. The van der Waals surface area contributed by atoms with Gasteiger partial charge >= 0.3 is 0 Å². The fourth-order valence-corrected chi connectivity index (χ4v) is 2.69. The van der Waals surface area contributed by atoms with Crippen molar-refractivity contribution in [2.24, 2.45) is 0 Å². The second-order valence-electron chi connectivity index (χ2n) is 6.23. The molecule has 0 bridgehead atoms. The third-order valence-corrected chi connectivity index (χ3v) is 4.14. The van der Waals surface area contributed by atoms with Crippen molar-refractivity contribution >= 4 is 29.1 Å². The number of furan rings is 1. The molecule has 8 heteroatoms. The van der Waals surface area contributed by atoms with E-state index >= 15 is 0 Å². The van der Waals surface area contributed by atoms with Crippen LogP contribution in [0.25, 0.3) is 0 Å². The summed E-state index contributed by atoms with van der Waals surface area (Å²) >= 11 is 5.88. The maximum absolute atomic E-state index is 12.9. The summed E-state index contributed by atoms with van der Waals surface area (Å²) in [7, 11) is 1.50. The van der Waals surface area contributed by atoms with E-state index in [4.69, 9.17) is 20.8 Å². The standard InChI is InChI=1S/C21H18ClFN2O4/c1-25(12-20(26)24-16-4-2-3-14(22)11-16)21(27)19-10-9-18(29-19)13-28-17-7-5-15(23)6-8-17/h2-11H,12-13H2,1H3,(H,24,26). The molecule has 0 aliphatic rings. The summed E-state index contributed by atoms with van der Waals surface area (Å²) in [5.74, 6) is -0.180. The van der Waals surface area contributed by atoms with E-state index < -0.39 is 5.91 Å². The Morgan fingerprint density at radius 2 is 1.90 bits per heavy atom. The van der Waals surface area contributed by atoms with Crippen LogP contribution in [0.3, 0.4) is 0 Å². The maximum Gasteiger partial charge on any atom is 0.289 e. The van der Waals surface area contributed by atoms with Crippen molar-refractivity contribution in [3.05, 3.63) is 83.0 Å². The molecule has 1 heterocycles. The van der Waals surface area contributed by atoms with Crippen LogP contribution in [-0.2, 0) is 11.4 Å². The minimum atomic E-state index is -0.445. The Hall–Kier alpha value is -3.32. The van der Waals surface area contributed by atoms with Gasteiger partial charge < -0.3 is 19.4 Å². The first-order valence-electron chi connectivity index (χ1n) is 8.68. The Balaban J connectivity index is 1.53. The lowest BCUT2D eigenvalue weighted by molar-refractivity contribution is -0.116. The van der Waals surface area contributed by atoms with Crippen LogP contribution in [0.15, 0.2) is 65.1 Å². The number of benzene rings is 2. The number of hydrogen-bond acceptors (Lipinski definition) is 4. The number of rotatable bonds is 7. The molecule has 0 aliphatic carbocycles. The van der Waals surface area contributed by atoms with Crippen LogP contribution in [0.4, 0.5) is 10.1 Å². The minimum absolute atomic E-state index is 0.0812. The van der Waals surface area contributed by atoms with Crippen molar-refractivity contribution in [1.82, 2.24) is 4.90 Å². The van der Waals surface area contributed by atoms with Crippen molar-refractivity contribution in [2.45, 2.75) is 6.61 Å². The van der Waals surface area contributed by atoms with Gasteiger partial charge in [0.2, 0.25) is 5.91 Å². The van der Waals surface area contributed by atoms with Crippen LogP contribution in [-0.4, -0.2) is 30.3 Å². The van der Waals surface area contributed by atoms with Crippen molar-refractivity contribution in [3.63, 3.8) is 0 Å². The molecule has 6 nitrogen and oxygen atoms in total. The summed E-state index contributed by atoms with van der Waals surface area (Å²) < 4.78 is 23.9. The summed E-state index contributed by atoms with van der Waals surface area (Å²) in [6.07, 6.45) is 0. The van der Waals surface area contributed by atoms with Crippen LogP contribution < -0.4 is 10.1 Å². The third-order valence-electron chi connectivity index (χ3n) is 3.90. The van der Waals surface area contributed by atoms with Gasteiger partial charge in [-0.1, -0.05) is 17.7 Å². The number of carbonyl (C=O) groups excluding carboxylic acids is 2. The number of likely N-dealkylation sites (N-methyl/N-ethyl adjacent to an activating group) is 1. The molecule has 0 fully saturated rings. The van der Waals surface area contributed by atoms with Gasteiger partial charge in [-0.15, -0.1) is 0 Å². The Morgan fingerprint density at radius 3 is 2.62 bits per heavy atom. The van der Waals surface area contributed by atoms with Crippen molar-refractivity contribution in [2.75, 3.05) is 18.9 Å². The first kappa shape index (κ1) is 20.4. The summed E-state index contributed by atoms with van der Waals surface area (Å²) in [4.78, 5) is 25.8. The lowest BCUT2D eigenvalue weighted by Crippen LogP contribution is -2.34. The van der Waals surface area contributed by atoms with Crippen LogP contribution in [0.2, 0.25) is 5.02 Å². The van der Waals surface area contributed by atoms with Gasteiger partial charge in [-0.2, -0.15) is 0 Å². The monoisotopic (exact) mass is 416 g/mol. The molecule has 0 radical (unpaired) electrons. The SMILES string of the molecule is CN(CC(=O)Nc1cccc(Cl)c1)C(=O)c1ccc(COc2ccc(F)cc2)o1. The molecule has 0 spiro atoms. The summed E-state index contributed by atoms with van der Waals surface area (Å²) in [5.41, 5.74) is 0.543. The van der Waals surface area contributed by atoms with Gasteiger partial charge in [-0.3, -0.25) is 9.59 Å². The normalized spacial score (nSPS) is 10.4. The number of ether oxygens (including phenoxy) is 1. The number of anilines is 1. The Morgan fingerprint density at radius 1 is 1.14 bits per heavy atom. The summed E-state index contributed by atoms with van der Waals surface area (Å²) in [6.45, 7) is -0.0780. The molecular weight excluding hydrogens is 399 g/mol. The van der Waals surface area contributed by atoms with E-state index in [9.17, 15) is 14.0 Å². The molecule has 0 saturated heterocycles. The van der Waals surface area contributed by atoms with Gasteiger partial charge in [-0.25, -0.2) is 4.39 Å². The zero-order chi connectivity index (χ0) is 20.8. The van der Waals surface area contributed by atoms with Gasteiger partial charge in [-0.05, 0) is 54.6 Å². The first-order valence-corrected chi connectivity index (χ1v) is 9.06. The highest BCUT2D eigenvalue weighted by molar-refractivity contribution is 6.30. The largest absolute Gasteiger partial charge is 0.486 e. The number of nitrogens with one attached hydrogen (secondary N) is 1. The highest BCUT2D eigenvalue weighted by Gasteiger charge is 2.19. The molecule has 3 aromatic rings.